The van der Waals surface area contributed by atoms with Crippen molar-refractivity contribution in [3.05, 3.63) is 92.9 Å². The second-order valence-corrected chi connectivity index (χ2v) is 6.94. The van der Waals surface area contributed by atoms with Crippen LogP contribution in [0, 0.1) is 23.0 Å². The van der Waals surface area contributed by atoms with Crippen molar-refractivity contribution in [2.75, 3.05) is 0 Å². The highest BCUT2D eigenvalue weighted by atomic mass is 79.9. The van der Waals surface area contributed by atoms with Crippen LogP contribution >= 0.6 is 15.9 Å². The molecule has 0 aliphatic rings. The molecule has 0 atom stereocenters. The van der Waals surface area contributed by atoms with Crippen LogP contribution in [0.25, 0.3) is 16.6 Å². The van der Waals surface area contributed by atoms with Crippen LogP contribution in [-0.2, 0) is 0 Å². The lowest BCUT2D eigenvalue weighted by molar-refractivity contribution is 0.435. The fourth-order valence-electron chi connectivity index (χ4n) is 2.81. The molecule has 3 aromatic carbocycles. The molecule has 0 unspecified atom stereocenters. The molecule has 4 rings (SSSR count). The Morgan fingerprint density at radius 2 is 1.76 bits per heavy atom. The van der Waals surface area contributed by atoms with Crippen LogP contribution in [0.15, 0.2) is 70.2 Å². The van der Waals surface area contributed by atoms with E-state index in [1.54, 1.807) is 30.3 Å². The number of benzene rings is 3. The third kappa shape index (κ3) is 3.48. The normalized spacial score (nSPS) is 10.7. The van der Waals surface area contributed by atoms with Gasteiger partial charge in [0.15, 0.2) is 11.6 Å². The summed E-state index contributed by atoms with van der Waals surface area (Å²) in [4.78, 5) is 17.2. The van der Waals surface area contributed by atoms with Crippen LogP contribution in [-0.4, -0.2) is 9.55 Å². The van der Waals surface area contributed by atoms with E-state index in [1.807, 2.05) is 0 Å². The SMILES string of the molecule is N#Cc1c(F)ccc(F)c1Oc1ccc2ncn(-c3ccc(Br)cc3)c(=O)c2c1. The molecule has 142 valence electrons. The number of fused-ring (bicyclic) bond motifs is 1. The molecule has 5 nitrogen and oxygen atoms in total. The minimum Gasteiger partial charge on any atom is -0.453 e. The molecule has 0 bridgehead atoms. The van der Waals surface area contributed by atoms with Gasteiger partial charge in [0.05, 0.1) is 16.6 Å². The quantitative estimate of drug-likeness (QED) is 0.433. The number of nitriles is 1. The fourth-order valence-corrected chi connectivity index (χ4v) is 3.07. The largest absolute Gasteiger partial charge is 0.453 e. The predicted molar refractivity (Wildman–Crippen MR) is 106 cm³/mol. The molecule has 0 radical (unpaired) electrons. The van der Waals surface area contributed by atoms with Crippen LogP contribution < -0.4 is 10.3 Å². The maximum absolute atomic E-state index is 14.1. The monoisotopic (exact) mass is 453 g/mol. The Balaban J connectivity index is 1.82. The van der Waals surface area contributed by atoms with E-state index in [9.17, 15) is 13.6 Å². The predicted octanol–water partition coefficient (Wildman–Crippen LogP) is 5.09. The number of hydrogen-bond acceptors (Lipinski definition) is 4. The van der Waals surface area contributed by atoms with Crippen molar-refractivity contribution >= 4 is 26.8 Å². The number of aromatic nitrogens is 2. The summed E-state index contributed by atoms with van der Waals surface area (Å²) in [5.74, 6) is -2.25. The maximum atomic E-state index is 14.1. The Bertz CT molecular complexity index is 1350. The van der Waals surface area contributed by atoms with Gasteiger partial charge in [-0.15, -0.1) is 0 Å². The molecular weight excluding hydrogens is 444 g/mol. The Morgan fingerprint density at radius 3 is 2.48 bits per heavy atom. The van der Waals surface area contributed by atoms with Gasteiger partial charge in [-0.25, -0.2) is 13.8 Å². The molecule has 0 saturated heterocycles. The lowest BCUT2D eigenvalue weighted by Gasteiger charge is -2.11. The molecule has 0 aliphatic carbocycles. The van der Waals surface area contributed by atoms with Gasteiger partial charge >= 0.3 is 0 Å². The Morgan fingerprint density at radius 1 is 1.03 bits per heavy atom. The van der Waals surface area contributed by atoms with Crippen molar-refractivity contribution in [2.24, 2.45) is 0 Å². The summed E-state index contributed by atoms with van der Waals surface area (Å²) in [6.45, 7) is 0. The van der Waals surface area contributed by atoms with E-state index in [2.05, 4.69) is 20.9 Å². The van der Waals surface area contributed by atoms with Gasteiger partial charge in [-0.1, -0.05) is 15.9 Å². The summed E-state index contributed by atoms with van der Waals surface area (Å²) in [7, 11) is 0. The molecule has 1 heterocycles. The van der Waals surface area contributed by atoms with Crippen LogP contribution in [0.3, 0.4) is 0 Å². The molecule has 29 heavy (non-hydrogen) atoms. The first kappa shape index (κ1) is 18.8. The molecule has 0 amide bonds. The Hall–Kier alpha value is -3.57. The Labute approximate surface area is 171 Å². The maximum Gasteiger partial charge on any atom is 0.265 e. The molecule has 0 aliphatic heterocycles. The molecule has 0 spiro atoms. The Kier molecular flexibility index (Phi) is 4.82. The van der Waals surface area contributed by atoms with Gasteiger partial charge in [0.1, 0.15) is 29.5 Å². The highest BCUT2D eigenvalue weighted by Gasteiger charge is 2.17. The van der Waals surface area contributed by atoms with Crippen molar-refractivity contribution in [1.29, 1.82) is 5.26 Å². The van der Waals surface area contributed by atoms with E-state index in [4.69, 9.17) is 10.00 Å². The van der Waals surface area contributed by atoms with Crippen molar-refractivity contribution in [3.8, 4) is 23.3 Å². The van der Waals surface area contributed by atoms with Crippen molar-refractivity contribution in [1.82, 2.24) is 9.55 Å². The molecule has 0 N–H and O–H groups in total. The third-order valence-electron chi connectivity index (χ3n) is 4.22. The molecule has 4 aromatic rings. The molecule has 0 saturated carbocycles. The van der Waals surface area contributed by atoms with E-state index in [1.165, 1.54) is 29.1 Å². The first-order chi connectivity index (χ1) is 14.0. The van der Waals surface area contributed by atoms with Gasteiger partial charge in [0.2, 0.25) is 0 Å². The number of nitrogens with zero attached hydrogens (tertiary/aromatic N) is 3. The molecular formula is C21H10BrF2N3O2. The average molecular weight is 454 g/mol. The fraction of sp³-hybridized carbons (Fsp3) is 0. The molecule has 1 aromatic heterocycles. The smallest absolute Gasteiger partial charge is 0.265 e. The van der Waals surface area contributed by atoms with E-state index in [0.29, 0.717) is 11.2 Å². The van der Waals surface area contributed by atoms with Crippen LogP contribution in [0.4, 0.5) is 8.78 Å². The van der Waals surface area contributed by atoms with Crippen LogP contribution in [0.2, 0.25) is 0 Å². The second kappa shape index (κ2) is 7.45. The van der Waals surface area contributed by atoms with E-state index < -0.39 is 22.9 Å². The van der Waals surface area contributed by atoms with Crippen molar-refractivity contribution < 1.29 is 13.5 Å². The number of halogens is 3. The summed E-state index contributed by atoms with van der Waals surface area (Å²) in [6.07, 6.45) is 1.41. The van der Waals surface area contributed by atoms with Gasteiger partial charge in [-0.2, -0.15) is 5.26 Å². The van der Waals surface area contributed by atoms with Crippen molar-refractivity contribution in [3.63, 3.8) is 0 Å². The first-order valence-electron chi connectivity index (χ1n) is 8.31. The van der Waals surface area contributed by atoms with Crippen molar-refractivity contribution in [2.45, 2.75) is 0 Å². The summed E-state index contributed by atoms with van der Waals surface area (Å²) in [6, 6.07) is 14.8. The number of ether oxygens (including phenoxy) is 1. The van der Waals surface area contributed by atoms with Gasteiger partial charge < -0.3 is 4.74 Å². The number of rotatable bonds is 3. The van der Waals surface area contributed by atoms with E-state index >= 15 is 0 Å². The van der Waals surface area contributed by atoms with E-state index in [-0.39, 0.29) is 16.7 Å². The standard InChI is InChI=1S/C21H10BrF2N3O2/c22-12-1-3-13(4-2-12)27-11-26-19-8-5-14(9-15(19)21(27)28)29-20-16(10-25)17(23)6-7-18(20)24/h1-9,11H. The highest BCUT2D eigenvalue weighted by Crippen LogP contribution is 2.30. The molecule has 0 fully saturated rings. The van der Waals surface area contributed by atoms with Gasteiger partial charge in [-0.05, 0) is 54.6 Å². The topological polar surface area (TPSA) is 67.9 Å². The first-order valence-corrected chi connectivity index (χ1v) is 9.10. The second-order valence-electron chi connectivity index (χ2n) is 6.02. The molecule has 8 heteroatoms. The third-order valence-corrected chi connectivity index (χ3v) is 4.75. The highest BCUT2D eigenvalue weighted by molar-refractivity contribution is 9.10. The lowest BCUT2D eigenvalue weighted by Crippen LogP contribution is -2.18. The minimum absolute atomic E-state index is 0.0750. The summed E-state index contributed by atoms with van der Waals surface area (Å²) in [5.41, 5.74) is 0.115. The summed E-state index contributed by atoms with van der Waals surface area (Å²) >= 11 is 3.34. The average Bonchev–Trinajstić information content (AvgIpc) is 2.72. The number of hydrogen-bond donors (Lipinski definition) is 0. The zero-order valence-electron chi connectivity index (χ0n) is 14.6. The lowest BCUT2D eigenvalue weighted by atomic mass is 10.2. The summed E-state index contributed by atoms with van der Waals surface area (Å²) in [5, 5.41) is 9.32. The zero-order chi connectivity index (χ0) is 20.5. The van der Waals surface area contributed by atoms with Gasteiger partial charge in [-0.3, -0.25) is 9.36 Å². The van der Waals surface area contributed by atoms with Crippen LogP contribution in [0.1, 0.15) is 5.56 Å². The van der Waals surface area contributed by atoms with Gasteiger partial charge in [0.25, 0.3) is 5.56 Å². The van der Waals surface area contributed by atoms with Gasteiger partial charge in [0, 0.05) is 4.47 Å². The minimum atomic E-state index is -0.899. The zero-order valence-corrected chi connectivity index (χ0v) is 16.2. The van der Waals surface area contributed by atoms with Crippen LogP contribution in [0.5, 0.6) is 11.5 Å². The van der Waals surface area contributed by atoms with E-state index in [0.717, 1.165) is 16.6 Å². The summed E-state index contributed by atoms with van der Waals surface area (Å²) < 4.78 is 35.5.